The molecule has 19 heavy (non-hydrogen) atoms. The van der Waals surface area contributed by atoms with Gasteiger partial charge >= 0.3 is 0 Å². The zero-order chi connectivity index (χ0) is 13.4. The van der Waals surface area contributed by atoms with Crippen LogP contribution in [0.4, 0.5) is 0 Å². The van der Waals surface area contributed by atoms with Gasteiger partial charge in [-0.05, 0) is 12.1 Å². The number of hydrogen-bond donors (Lipinski definition) is 2. The molecule has 8 heteroatoms. The minimum absolute atomic E-state index is 0.0136. The second-order valence-corrected chi connectivity index (χ2v) is 4.65. The highest BCUT2D eigenvalue weighted by Crippen LogP contribution is 2.13. The molecule has 2 heterocycles. The lowest BCUT2D eigenvalue weighted by molar-refractivity contribution is 0.624. The maximum atomic E-state index is 11.7. The first-order chi connectivity index (χ1) is 9.18. The summed E-state index contributed by atoms with van der Waals surface area (Å²) in [6.07, 6.45) is 1.23. The van der Waals surface area contributed by atoms with Crippen molar-refractivity contribution < 1.29 is 8.42 Å². The zero-order valence-electron chi connectivity index (χ0n) is 9.49. The number of nitrogens with one attached hydrogen (secondary N) is 2. The third kappa shape index (κ3) is 1.78. The molecule has 1 aromatic carbocycles. The molecular weight excluding hydrogens is 268 g/mol. The average molecular weight is 276 g/mol. The number of benzene rings is 1. The van der Waals surface area contributed by atoms with Crippen molar-refractivity contribution in [2.24, 2.45) is 0 Å². The van der Waals surface area contributed by atoms with Crippen molar-refractivity contribution in [2.75, 3.05) is 0 Å². The number of para-hydroxylation sites is 1. The zero-order valence-corrected chi connectivity index (χ0v) is 10.3. The molecule has 0 aliphatic carbocycles. The lowest BCUT2D eigenvalue weighted by Crippen LogP contribution is -2.06. The van der Waals surface area contributed by atoms with E-state index in [-0.39, 0.29) is 15.7 Å². The fourth-order valence-corrected chi connectivity index (χ4v) is 2.38. The van der Waals surface area contributed by atoms with Crippen molar-refractivity contribution >= 4 is 21.3 Å². The summed E-state index contributed by atoms with van der Waals surface area (Å²) in [5.41, 5.74) is 0.437. The monoisotopic (exact) mass is 276 g/mol. The Morgan fingerprint density at radius 2 is 1.89 bits per heavy atom. The summed E-state index contributed by atoms with van der Waals surface area (Å²) in [4.78, 5) is 18.1. The molecule has 0 atom stereocenters. The van der Waals surface area contributed by atoms with Crippen molar-refractivity contribution in [3.05, 3.63) is 51.7 Å². The highest BCUT2D eigenvalue weighted by molar-refractivity contribution is 7.64. The maximum Gasteiger partial charge on any atom is 0.263 e. The largest absolute Gasteiger partial charge is 0.312 e. The highest BCUT2D eigenvalue weighted by Gasteiger charge is 2.11. The van der Waals surface area contributed by atoms with Crippen LogP contribution in [0.1, 0.15) is 0 Å². The van der Waals surface area contributed by atoms with E-state index in [9.17, 15) is 13.2 Å². The normalized spacial score (nSPS) is 10.7. The van der Waals surface area contributed by atoms with E-state index in [0.717, 1.165) is 0 Å². The van der Waals surface area contributed by atoms with Crippen LogP contribution in [0.2, 0.25) is 0 Å². The fraction of sp³-hybridized carbons (Fsp3) is 0. The molecule has 0 aliphatic rings. The fourth-order valence-electron chi connectivity index (χ4n) is 1.86. The Balaban J connectivity index is 2.58. The Kier molecular flexibility index (Phi) is 2.57. The number of aromatic nitrogens is 4. The molecule has 0 aliphatic heterocycles. The molecule has 0 saturated heterocycles. The Morgan fingerprint density at radius 1 is 1.16 bits per heavy atom. The molecule has 7 nitrogen and oxygen atoms in total. The molecule has 0 bridgehead atoms. The summed E-state index contributed by atoms with van der Waals surface area (Å²) in [6.45, 7) is 0. The van der Waals surface area contributed by atoms with Gasteiger partial charge in [0.25, 0.3) is 5.56 Å². The van der Waals surface area contributed by atoms with Gasteiger partial charge in [0, 0.05) is 0 Å². The van der Waals surface area contributed by atoms with Gasteiger partial charge in [0.1, 0.15) is 5.39 Å². The van der Waals surface area contributed by atoms with Gasteiger partial charge in [0.15, 0.2) is 10.3 Å². The molecule has 0 saturated carbocycles. The second-order valence-electron chi connectivity index (χ2n) is 3.78. The molecular formula is C11H8N4O3S. The van der Waals surface area contributed by atoms with Crippen molar-refractivity contribution in [3.63, 3.8) is 0 Å². The van der Waals surface area contributed by atoms with Crippen LogP contribution in [0.3, 0.4) is 0 Å². The van der Waals surface area contributed by atoms with Gasteiger partial charge < -0.3 is 4.98 Å². The van der Waals surface area contributed by atoms with Gasteiger partial charge in [-0.3, -0.25) is 9.89 Å². The molecule has 0 radical (unpaired) electrons. The molecule has 2 aromatic heterocycles. The number of hydrogen-bond acceptors (Lipinski definition) is 4. The van der Waals surface area contributed by atoms with E-state index in [2.05, 4.69) is 15.1 Å². The van der Waals surface area contributed by atoms with Crippen LogP contribution in [-0.2, 0) is 10.3 Å². The van der Waals surface area contributed by atoms with E-state index in [0.29, 0.717) is 5.69 Å². The van der Waals surface area contributed by atoms with Crippen LogP contribution >= 0.6 is 0 Å². The SMILES string of the molecule is O=c1[nH]cnc2c1c(=S(=O)=O)[nH]n2-c1ccccc1. The van der Waals surface area contributed by atoms with Gasteiger partial charge in [-0.25, -0.2) is 9.67 Å². The van der Waals surface area contributed by atoms with Gasteiger partial charge in [-0.2, -0.15) is 8.42 Å². The number of fused-ring (bicyclic) bond motifs is 1. The Bertz CT molecular complexity index is 972. The quantitative estimate of drug-likeness (QED) is 0.630. The summed E-state index contributed by atoms with van der Waals surface area (Å²) in [5, 5.41) is 2.68. The number of nitrogens with zero attached hydrogens (tertiary/aromatic N) is 2. The standard InChI is InChI=1S/C11H8N4O3S/c16-10-8-9(12-6-13-10)15(14-11(8)19(17)18)7-4-2-1-3-5-7/h1-6,14H,(H,12,13,16). The Hall–Kier alpha value is -2.61. The number of H-pyrrole nitrogens is 2. The summed E-state index contributed by atoms with van der Waals surface area (Å²) in [7, 11) is -2.55. The first-order valence-electron chi connectivity index (χ1n) is 5.34. The molecule has 3 rings (SSSR count). The Morgan fingerprint density at radius 3 is 2.58 bits per heavy atom. The van der Waals surface area contributed by atoms with E-state index >= 15 is 0 Å². The van der Waals surface area contributed by atoms with Crippen LogP contribution in [0.5, 0.6) is 0 Å². The van der Waals surface area contributed by atoms with Crippen molar-refractivity contribution in [2.45, 2.75) is 0 Å². The second kappa shape index (κ2) is 4.25. The topological polar surface area (TPSA) is 101 Å². The molecule has 0 unspecified atom stereocenters. The summed E-state index contributed by atoms with van der Waals surface area (Å²) in [5.74, 6) is 0. The van der Waals surface area contributed by atoms with Crippen molar-refractivity contribution in [1.29, 1.82) is 0 Å². The van der Waals surface area contributed by atoms with Crippen LogP contribution in [0.25, 0.3) is 16.7 Å². The summed E-state index contributed by atoms with van der Waals surface area (Å²) in [6, 6.07) is 8.99. The Labute approximate surface area is 107 Å². The molecule has 0 spiro atoms. The highest BCUT2D eigenvalue weighted by atomic mass is 32.2. The summed E-state index contributed by atoms with van der Waals surface area (Å²) >= 11 is 0. The summed E-state index contributed by atoms with van der Waals surface area (Å²) < 4.78 is 23.6. The van der Waals surface area contributed by atoms with Crippen molar-refractivity contribution in [1.82, 2.24) is 19.7 Å². The van der Waals surface area contributed by atoms with Gasteiger partial charge in [-0.1, -0.05) is 18.2 Å². The lowest BCUT2D eigenvalue weighted by Gasteiger charge is -2.02. The third-order valence-corrected chi connectivity index (χ3v) is 3.30. The first-order valence-corrected chi connectivity index (χ1v) is 6.42. The molecule has 0 amide bonds. The predicted octanol–water partition coefficient (Wildman–Crippen LogP) is 0.453. The van der Waals surface area contributed by atoms with Gasteiger partial charge in [-0.15, -0.1) is 0 Å². The van der Waals surface area contributed by atoms with E-state index < -0.39 is 15.9 Å². The van der Waals surface area contributed by atoms with Crippen LogP contribution < -0.4 is 5.56 Å². The molecule has 3 aromatic rings. The smallest absolute Gasteiger partial charge is 0.263 e. The number of aromatic amines is 2. The first kappa shape index (κ1) is 11.5. The van der Waals surface area contributed by atoms with Crippen LogP contribution in [0, 0.1) is 4.64 Å². The van der Waals surface area contributed by atoms with Crippen molar-refractivity contribution in [3.8, 4) is 5.69 Å². The van der Waals surface area contributed by atoms with E-state index in [1.165, 1.54) is 11.0 Å². The van der Waals surface area contributed by atoms with Gasteiger partial charge in [0.05, 0.1) is 12.0 Å². The van der Waals surface area contributed by atoms with Gasteiger partial charge in [0.2, 0.25) is 10.3 Å². The predicted molar refractivity (Wildman–Crippen MR) is 68.2 cm³/mol. The minimum atomic E-state index is -2.55. The van der Waals surface area contributed by atoms with E-state index in [1.807, 2.05) is 6.07 Å². The van der Waals surface area contributed by atoms with Crippen LogP contribution in [-0.4, -0.2) is 28.2 Å². The minimum Gasteiger partial charge on any atom is -0.312 e. The van der Waals surface area contributed by atoms with E-state index in [1.54, 1.807) is 24.3 Å². The molecule has 96 valence electrons. The lowest BCUT2D eigenvalue weighted by atomic mass is 10.3. The van der Waals surface area contributed by atoms with E-state index in [4.69, 9.17) is 0 Å². The molecule has 0 fully saturated rings. The number of rotatable bonds is 1. The molecule has 2 N–H and O–H groups in total. The average Bonchev–Trinajstić information content (AvgIpc) is 2.81. The maximum absolute atomic E-state index is 11.7. The van der Waals surface area contributed by atoms with Crippen LogP contribution in [0.15, 0.2) is 41.5 Å². The third-order valence-electron chi connectivity index (χ3n) is 2.67.